The topological polar surface area (TPSA) is 114 Å². The summed E-state index contributed by atoms with van der Waals surface area (Å²) in [6.07, 6.45) is 1.53. The smallest absolute Gasteiger partial charge is 0.276 e. The van der Waals surface area contributed by atoms with Crippen molar-refractivity contribution in [1.82, 2.24) is 14.8 Å². The fourth-order valence-electron chi connectivity index (χ4n) is 4.18. The molecule has 1 N–H and O–H groups in total. The van der Waals surface area contributed by atoms with Crippen LogP contribution in [-0.2, 0) is 0 Å². The normalized spacial score (nSPS) is 10.8. The average molecular weight is 557 g/mol. The third-order valence-electron chi connectivity index (χ3n) is 6.27. The molecule has 0 atom stereocenters. The number of fused-ring (bicyclic) bond motifs is 1. The predicted octanol–water partition coefficient (Wildman–Crippen LogP) is 5.30. The molecule has 0 aliphatic heterocycles. The van der Waals surface area contributed by atoms with E-state index in [9.17, 15) is 9.59 Å². The molecule has 0 saturated heterocycles. The van der Waals surface area contributed by atoms with Gasteiger partial charge in [0, 0.05) is 35.5 Å². The van der Waals surface area contributed by atoms with Crippen LogP contribution < -0.4 is 29.8 Å². The molecule has 5 aromatic rings. The number of halogens is 1. The molecule has 0 saturated carbocycles. The van der Waals surface area contributed by atoms with Gasteiger partial charge in [-0.1, -0.05) is 0 Å². The summed E-state index contributed by atoms with van der Waals surface area (Å²) >= 11 is 0. The number of rotatable bonds is 8. The first kappa shape index (κ1) is 27.1. The number of anilines is 1. The number of amides is 1. The van der Waals surface area contributed by atoms with Gasteiger partial charge in [0.05, 0.1) is 32.5 Å². The van der Waals surface area contributed by atoms with Gasteiger partial charge in [0.1, 0.15) is 11.5 Å². The number of methoxy groups -OCH3 is 3. The minimum absolute atomic E-state index is 0.00813. The number of pyridine rings is 1. The van der Waals surface area contributed by atoms with E-state index in [0.717, 1.165) is 10.7 Å². The van der Waals surface area contributed by atoms with Crippen LogP contribution in [0, 0.1) is 12.7 Å². The van der Waals surface area contributed by atoms with E-state index in [0.29, 0.717) is 45.2 Å². The quantitative estimate of drug-likeness (QED) is 0.274. The molecular formula is C30H25FN4O6. The van der Waals surface area contributed by atoms with E-state index in [1.165, 1.54) is 38.6 Å². The minimum atomic E-state index is -0.744. The number of benzene rings is 3. The molecule has 2 aromatic heterocycles. The van der Waals surface area contributed by atoms with Gasteiger partial charge < -0.3 is 24.3 Å². The van der Waals surface area contributed by atoms with Crippen LogP contribution in [0.5, 0.6) is 28.7 Å². The lowest BCUT2D eigenvalue weighted by Gasteiger charge is -2.14. The maximum Gasteiger partial charge on any atom is 0.276 e. The summed E-state index contributed by atoms with van der Waals surface area (Å²) < 4.78 is 38.0. The monoisotopic (exact) mass is 556 g/mol. The van der Waals surface area contributed by atoms with Crippen LogP contribution in [0.1, 0.15) is 16.1 Å². The highest BCUT2D eigenvalue weighted by molar-refractivity contribution is 6.03. The molecule has 0 unspecified atom stereocenters. The van der Waals surface area contributed by atoms with Gasteiger partial charge in [0.25, 0.3) is 11.5 Å². The number of hydrogen-bond donors (Lipinski definition) is 1. The number of carbonyl (C=O) groups is 1. The Bertz CT molecular complexity index is 1820. The second-order valence-corrected chi connectivity index (χ2v) is 8.86. The van der Waals surface area contributed by atoms with Crippen LogP contribution in [0.4, 0.5) is 10.1 Å². The first-order valence-electron chi connectivity index (χ1n) is 12.4. The fourth-order valence-corrected chi connectivity index (χ4v) is 4.18. The van der Waals surface area contributed by atoms with Crippen molar-refractivity contribution in [2.24, 2.45) is 0 Å². The zero-order valence-corrected chi connectivity index (χ0v) is 22.6. The zero-order valence-electron chi connectivity index (χ0n) is 22.6. The van der Waals surface area contributed by atoms with Crippen LogP contribution in [0.3, 0.4) is 0 Å². The molecule has 10 nitrogen and oxygen atoms in total. The summed E-state index contributed by atoms with van der Waals surface area (Å²) in [7, 11) is 4.57. The first-order chi connectivity index (χ1) is 19.8. The van der Waals surface area contributed by atoms with Crippen molar-refractivity contribution in [3.63, 3.8) is 0 Å². The highest BCUT2D eigenvalue weighted by atomic mass is 19.1. The largest absolute Gasteiger partial charge is 0.497 e. The lowest BCUT2D eigenvalue weighted by molar-refractivity contribution is 0.102. The third kappa shape index (κ3) is 5.50. The van der Waals surface area contributed by atoms with Gasteiger partial charge in [-0.25, -0.2) is 4.39 Å². The van der Waals surface area contributed by atoms with Gasteiger partial charge in [-0.2, -0.15) is 9.78 Å². The second kappa shape index (κ2) is 11.3. The molecule has 0 fully saturated rings. The molecule has 0 bridgehead atoms. The number of aryl methyl sites for hydroxylation is 1. The number of aromatic nitrogens is 3. The Labute approximate surface area is 233 Å². The third-order valence-corrected chi connectivity index (χ3v) is 6.27. The number of ether oxygens (including phenoxy) is 4. The molecule has 0 spiro atoms. The molecule has 208 valence electrons. The van der Waals surface area contributed by atoms with Crippen LogP contribution in [0.2, 0.25) is 0 Å². The van der Waals surface area contributed by atoms with E-state index in [4.69, 9.17) is 18.9 Å². The fraction of sp³-hybridized carbons (Fsp3) is 0.133. The highest BCUT2D eigenvalue weighted by Crippen LogP contribution is 2.37. The Hall–Kier alpha value is -5.45. The van der Waals surface area contributed by atoms with Crippen molar-refractivity contribution >= 4 is 22.5 Å². The van der Waals surface area contributed by atoms with Gasteiger partial charge >= 0.3 is 0 Å². The summed E-state index contributed by atoms with van der Waals surface area (Å²) in [4.78, 5) is 30.1. The molecule has 2 heterocycles. The zero-order chi connectivity index (χ0) is 29.1. The van der Waals surface area contributed by atoms with E-state index >= 15 is 4.39 Å². The van der Waals surface area contributed by atoms with Crippen molar-refractivity contribution in [3.8, 4) is 34.4 Å². The highest BCUT2D eigenvalue weighted by Gasteiger charge is 2.17. The molecule has 11 heteroatoms. The lowest BCUT2D eigenvalue weighted by Crippen LogP contribution is -2.26. The molecule has 0 aliphatic rings. The molecular weight excluding hydrogens is 531 g/mol. The Kier molecular flexibility index (Phi) is 7.51. The maximum absolute atomic E-state index is 15.3. The molecule has 0 aliphatic carbocycles. The van der Waals surface area contributed by atoms with Gasteiger partial charge in [-0.3, -0.25) is 14.6 Å². The second-order valence-electron chi connectivity index (χ2n) is 8.86. The van der Waals surface area contributed by atoms with Crippen molar-refractivity contribution < 1.29 is 28.1 Å². The minimum Gasteiger partial charge on any atom is -0.497 e. The number of hydrogen-bond acceptors (Lipinski definition) is 8. The number of carbonyl (C=O) groups excluding carboxylic acids is 1. The summed E-state index contributed by atoms with van der Waals surface area (Å²) in [6.45, 7) is 1.60. The predicted molar refractivity (Wildman–Crippen MR) is 150 cm³/mol. The Morgan fingerprint density at radius 3 is 2.27 bits per heavy atom. The van der Waals surface area contributed by atoms with E-state index in [1.807, 2.05) is 0 Å². The van der Waals surface area contributed by atoms with Crippen LogP contribution in [-0.4, -0.2) is 42.0 Å². The SMILES string of the molecule is COc1ccc(NC(=O)c2nn(-c3ccc(Oc4ccnc5cc(OC)c(OC)cc45)c(F)c3)c(=O)cc2C)cc1. The van der Waals surface area contributed by atoms with Gasteiger partial charge in [-0.15, -0.1) is 0 Å². The van der Waals surface area contributed by atoms with Gasteiger partial charge in [0.15, 0.2) is 28.8 Å². The Balaban J connectivity index is 1.44. The van der Waals surface area contributed by atoms with Crippen molar-refractivity contribution in [2.75, 3.05) is 26.6 Å². The van der Waals surface area contributed by atoms with Crippen molar-refractivity contribution in [1.29, 1.82) is 0 Å². The van der Waals surface area contributed by atoms with Crippen LogP contribution >= 0.6 is 0 Å². The molecule has 0 radical (unpaired) electrons. The molecule has 3 aromatic carbocycles. The van der Waals surface area contributed by atoms with Crippen molar-refractivity contribution in [2.45, 2.75) is 6.92 Å². The number of nitrogens with one attached hydrogen (secondary N) is 1. The van der Waals surface area contributed by atoms with E-state index < -0.39 is 17.3 Å². The van der Waals surface area contributed by atoms with Gasteiger partial charge in [-0.05, 0) is 61.0 Å². The molecule has 41 heavy (non-hydrogen) atoms. The summed E-state index contributed by atoms with van der Waals surface area (Å²) in [5.41, 5.74) is 1.04. The Morgan fingerprint density at radius 1 is 0.854 bits per heavy atom. The van der Waals surface area contributed by atoms with E-state index in [2.05, 4.69) is 15.4 Å². The van der Waals surface area contributed by atoms with Gasteiger partial charge in [0.2, 0.25) is 0 Å². The molecule has 5 rings (SSSR count). The average Bonchev–Trinajstić information content (AvgIpc) is 2.98. The summed E-state index contributed by atoms with van der Waals surface area (Å²) in [5, 5.41) is 7.55. The lowest BCUT2D eigenvalue weighted by atomic mass is 10.1. The standard InChI is InChI=1S/C30H25FN4O6/c1-17-13-28(36)35(34-29(17)30(37)33-18-5-8-20(38-2)9-6-18)19-7-10-25(22(31)14-19)41-24-11-12-32-23-16-27(40-4)26(39-3)15-21(23)24/h5-16H,1-4H3,(H,33,37). The number of nitrogens with zero attached hydrogens (tertiary/aromatic N) is 3. The first-order valence-corrected chi connectivity index (χ1v) is 12.4. The molecule has 1 amide bonds. The summed E-state index contributed by atoms with van der Waals surface area (Å²) in [6, 6.07) is 17.0. The summed E-state index contributed by atoms with van der Waals surface area (Å²) in [5.74, 6) is 0.570. The Morgan fingerprint density at radius 2 is 1.59 bits per heavy atom. The van der Waals surface area contributed by atoms with E-state index in [-0.39, 0.29) is 17.1 Å². The van der Waals surface area contributed by atoms with E-state index in [1.54, 1.807) is 56.5 Å². The van der Waals surface area contributed by atoms with Crippen LogP contribution in [0.25, 0.3) is 16.6 Å². The maximum atomic E-state index is 15.3. The van der Waals surface area contributed by atoms with Crippen molar-refractivity contribution in [3.05, 3.63) is 100 Å². The van der Waals surface area contributed by atoms with Crippen LogP contribution in [0.15, 0.2) is 77.7 Å².